The van der Waals surface area contributed by atoms with Crippen LogP contribution in [-0.4, -0.2) is 18.4 Å². The lowest BCUT2D eigenvalue weighted by Gasteiger charge is -2.08. The Kier molecular flexibility index (Phi) is 6.17. The van der Waals surface area contributed by atoms with E-state index in [0.29, 0.717) is 18.8 Å². The van der Waals surface area contributed by atoms with Crippen molar-refractivity contribution in [3.05, 3.63) is 60.2 Å². The summed E-state index contributed by atoms with van der Waals surface area (Å²) in [7, 11) is 0. The fourth-order valence-electron chi connectivity index (χ4n) is 1.95. The quantitative estimate of drug-likeness (QED) is 0.826. The summed E-state index contributed by atoms with van der Waals surface area (Å²) >= 11 is 0. The average molecular weight is 312 g/mol. The highest BCUT2D eigenvalue weighted by Gasteiger charge is 2.03. The van der Waals surface area contributed by atoms with E-state index in [1.807, 2.05) is 42.5 Å². The summed E-state index contributed by atoms with van der Waals surface area (Å²) in [4.78, 5) is 22.4. The highest BCUT2D eigenvalue weighted by atomic mass is 16.5. The van der Waals surface area contributed by atoms with Gasteiger partial charge in [0.05, 0.1) is 0 Å². The van der Waals surface area contributed by atoms with Gasteiger partial charge in [-0.05, 0) is 29.8 Å². The smallest absolute Gasteiger partial charge is 0.226 e. The van der Waals surface area contributed by atoms with Gasteiger partial charge in [-0.1, -0.05) is 30.3 Å². The normalized spacial score (nSPS) is 9.96. The second-order valence-electron chi connectivity index (χ2n) is 5.08. The molecule has 0 aliphatic rings. The monoisotopic (exact) mass is 312 g/mol. The number of ether oxygens (including phenoxy) is 1. The van der Waals surface area contributed by atoms with Crippen molar-refractivity contribution in [1.82, 2.24) is 5.32 Å². The molecule has 2 N–H and O–H groups in total. The first-order chi connectivity index (χ1) is 11.1. The first-order valence-electron chi connectivity index (χ1n) is 7.44. The molecule has 0 aromatic heterocycles. The summed E-state index contributed by atoms with van der Waals surface area (Å²) in [5.74, 6) is 0.458. The maximum atomic E-state index is 11.7. The molecule has 2 amide bonds. The van der Waals surface area contributed by atoms with Gasteiger partial charge in [0, 0.05) is 25.6 Å². The van der Waals surface area contributed by atoms with E-state index in [-0.39, 0.29) is 18.2 Å². The van der Waals surface area contributed by atoms with Gasteiger partial charge in [-0.25, -0.2) is 0 Å². The van der Waals surface area contributed by atoms with E-state index >= 15 is 0 Å². The molecular weight excluding hydrogens is 292 g/mol. The van der Waals surface area contributed by atoms with Gasteiger partial charge < -0.3 is 15.4 Å². The number of hydrogen-bond acceptors (Lipinski definition) is 3. The number of rotatable bonds is 7. The summed E-state index contributed by atoms with van der Waals surface area (Å²) in [6.45, 7) is 2.26. The van der Waals surface area contributed by atoms with Crippen molar-refractivity contribution in [2.45, 2.75) is 20.0 Å². The Hall–Kier alpha value is -2.82. The van der Waals surface area contributed by atoms with Crippen LogP contribution in [0, 0.1) is 0 Å². The van der Waals surface area contributed by atoms with Crippen molar-refractivity contribution in [3.8, 4) is 5.75 Å². The zero-order valence-electron chi connectivity index (χ0n) is 13.0. The predicted octanol–water partition coefficient (Wildman–Crippen LogP) is 2.73. The summed E-state index contributed by atoms with van der Waals surface area (Å²) < 4.78 is 5.68. The predicted molar refractivity (Wildman–Crippen MR) is 89.1 cm³/mol. The van der Waals surface area contributed by atoms with Crippen LogP contribution in [0.25, 0.3) is 0 Å². The fraction of sp³-hybridized carbons (Fsp3) is 0.222. The van der Waals surface area contributed by atoms with E-state index in [1.165, 1.54) is 6.92 Å². The number of nitrogens with one attached hydrogen (secondary N) is 2. The summed E-state index contributed by atoms with van der Waals surface area (Å²) in [5, 5.41) is 5.35. The topological polar surface area (TPSA) is 67.4 Å². The van der Waals surface area contributed by atoms with E-state index in [2.05, 4.69) is 10.6 Å². The Balaban J connectivity index is 1.77. The summed E-state index contributed by atoms with van der Waals surface area (Å²) in [5.41, 5.74) is 1.80. The molecule has 2 aromatic rings. The molecule has 0 bridgehead atoms. The van der Waals surface area contributed by atoms with Crippen molar-refractivity contribution in [3.63, 3.8) is 0 Å². The molecule has 0 saturated heterocycles. The van der Waals surface area contributed by atoms with Crippen LogP contribution >= 0.6 is 0 Å². The zero-order valence-corrected chi connectivity index (χ0v) is 13.0. The van der Waals surface area contributed by atoms with Gasteiger partial charge in [0.25, 0.3) is 0 Å². The molecule has 23 heavy (non-hydrogen) atoms. The second-order valence-corrected chi connectivity index (χ2v) is 5.08. The first-order valence-corrected chi connectivity index (χ1v) is 7.44. The SMILES string of the molecule is CC(=O)NCCC(=O)Nc1ccc(OCc2ccccc2)cc1. The molecule has 0 spiro atoms. The van der Waals surface area contributed by atoms with Crippen LogP contribution in [0.3, 0.4) is 0 Å². The van der Waals surface area contributed by atoms with Gasteiger partial charge in [0.15, 0.2) is 0 Å². The van der Waals surface area contributed by atoms with Crippen LogP contribution in [-0.2, 0) is 16.2 Å². The second kappa shape index (κ2) is 8.58. The molecule has 2 rings (SSSR count). The molecule has 0 aliphatic carbocycles. The van der Waals surface area contributed by atoms with Gasteiger partial charge in [-0.15, -0.1) is 0 Å². The van der Waals surface area contributed by atoms with Crippen LogP contribution in [0.15, 0.2) is 54.6 Å². The largest absolute Gasteiger partial charge is 0.489 e. The lowest BCUT2D eigenvalue weighted by molar-refractivity contribution is -0.119. The maximum Gasteiger partial charge on any atom is 0.226 e. The number of carbonyl (C=O) groups excluding carboxylic acids is 2. The molecular formula is C18H20N2O3. The van der Waals surface area contributed by atoms with Gasteiger partial charge in [-0.2, -0.15) is 0 Å². The minimum Gasteiger partial charge on any atom is -0.489 e. The minimum atomic E-state index is -0.142. The van der Waals surface area contributed by atoms with Gasteiger partial charge in [0.1, 0.15) is 12.4 Å². The maximum absolute atomic E-state index is 11.7. The molecule has 5 nitrogen and oxygen atoms in total. The van der Waals surface area contributed by atoms with E-state index in [9.17, 15) is 9.59 Å². The number of amides is 2. The molecule has 5 heteroatoms. The molecule has 0 unspecified atom stereocenters. The lowest BCUT2D eigenvalue weighted by atomic mass is 10.2. The van der Waals surface area contributed by atoms with Gasteiger partial charge >= 0.3 is 0 Å². The minimum absolute atomic E-state index is 0.141. The standard InChI is InChI=1S/C18H20N2O3/c1-14(21)19-12-11-18(22)20-16-7-9-17(10-8-16)23-13-15-5-3-2-4-6-15/h2-10H,11-13H2,1H3,(H,19,21)(H,20,22). The van der Waals surface area contributed by atoms with E-state index in [4.69, 9.17) is 4.74 Å². The third-order valence-corrected chi connectivity index (χ3v) is 3.11. The highest BCUT2D eigenvalue weighted by Crippen LogP contribution is 2.17. The Labute approximate surface area is 135 Å². The highest BCUT2D eigenvalue weighted by molar-refractivity contribution is 5.91. The number of anilines is 1. The van der Waals surface area contributed by atoms with Crippen LogP contribution in [0.2, 0.25) is 0 Å². The van der Waals surface area contributed by atoms with Crippen molar-refractivity contribution in [1.29, 1.82) is 0 Å². The van der Waals surface area contributed by atoms with E-state index in [0.717, 1.165) is 11.3 Å². The summed E-state index contributed by atoms with van der Waals surface area (Å²) in [6.07, 6.45) is 0.242. The van der Waals surface area contributed by atoms with Gasteiger partial charge in [-0.3, -0.25) is 9.59 Å². The van der Waals surface area contributed by atoms with Crippen molar-refractivity contribution < 1.29 is 14.3 Å². The molecule has 0 aliphatic heterocycles. The molecule has 120 valence electrons. The van der Waals surface area contributed by atoms with E-state index in [1.54, 1.807) is 12.1 Å². The van der Waals surface area contributed by atoms with Crippen LogP contribution < -0.4 is 15.4 Å². The lowest BCUT2D eigenvalue weighted by Crippen LogP contribution is -2.25. The Bertz CT molecular complexity index is 639. The molecule has 0 saturated carbocycles. The third kappa shape index (κ3) is 6.22. The van der Waals surface area contributed by atoms with Crippen LogP contribution in [0.5, 0.6) is 5.75 Å². The number of hydrogen-bond donors (Lipinski definition) is 2. The van der Waals surface area contributed by atoms with Crippen LogP contribution in [0.4, 0.5) is 5.69 Å². The Morgan fingerprint density at radius 2 is 1.70 bits per heavy atom. The van der Waals surface area contributed by atoms with Crippen molar-refractivity contribution in [2.75, 3.05) is 11.9 Å². The van der Waals surface area contributed by atoms with E-state index < -0.39 is 0 Å². The first kappa shape index (κ1) is 16.5. The number of benzene rings is 2. The Morgan fingerprint density at radius 3 is 2.35 bits per heavy atom. The zero-order chi connectivity index (χ0) is 16.5. The fourth-order valence-corrected chi connectivity index (χ4v) is 1.95. The average Bonchev–Trinajstić information content (AvgIpc) is 2.55. The number of carbonyl (C=O) groups is 2. The molecule has 2 aromatic carbocycles. The molecule has 0 atom stereocenters. The van der Waals surface area contributed by atoms with Crippen molar-refractivity contribution in [2.24, 2.45) is 0 Å². The molecule has 0 radical (unpaired) electrons. The van der Waals surface area contributed by atoms with Crippen LogP contribution in [0.1, 0.15) is 18.9 Å². The molecule has 0 fully saturated rings. The Morgan fingerprint density at radius 1 is 1.00 bits per heavy atom. The summed E-state index contributed by atoms with van der Waals surface area (Å²) in [6, 6.07) is 17.1. The molecule has 0 heterocycles. The van der Waals surface area contributed by atoms with Crippen molar-refractivity contribution >= 4 is 17.5 Å². The van der Waals surface area contributed by atoms with Gasteiger partial charge in [0.2, 0.25) is 11.8 Å². The third-order valence-electron chi connectivity index (χ3n) is 3.11.